The van der Waals surface area contributed by atoms with Crippen molar-refractivity contribution in [2.24, 2.45) is 17.6 Å². The second-order valence-corrected chi connectivity index (χ2v) is 12.3. The van der Waals surface area contributed by atoms with Gasteiger partial charge >= 0.3 is 5.97 Å². The number of nitrogens with zero attached hydrogens (tertiary/aromatic N) is 6. The number of amides is 3. The lowest BCUT2D eigenvalue weighted by molar-refractivity contribution is -0.158. The largest absolute Gasteiger partial charge is 0.477 e. The minimum Gasteiger partial charge on any atom is -0.477 e. The SMILES string of the molecule is CC(NC(=O)Cn1cnnn1)C1C(=O)N2C(C(=O)O)=C(S[C@@H]3CNC(C(=O)N4CC[C@@H](NC(=N)CN)C4)C3)C(C)[C@H]12. The molecule has 0 saturated carbocycles. The van der Waals surface area contributed by atoms with Crippen LogP contribution in [-0.4, -0.2) is 120 Å². The highest BCUT2D eigenvalue weighted by atomic mass is 32.2. The number of hydrogen-bond donors (Lipinski definition) is 6. The highest BCUT2D eigenvalue weighted by Gasteiger charge is 2.60. The first-order valence-corrected chi connectivity index (χ1v) is 14.5. The number of carboxylic acid groups (broad SMARTS) is 1. The number of carbonyl (C=O) groups is 4. The average molecular weight is 590 g/mol. The molecular weight excluding hydrogens is 554 g/mol. The predicted molar refractivity (Wildman–Crippen MR) is 146 cm³/mol. The Labute approximate surface area is 240 Å². The van der Waals surface area contributed by atoms with Crippen LogP contribution in [0, 0.1) is 17.2 Å². The quantitative estimate of drug-likeness (QED) is 0.0949. The first-order valence-electron chi connectivity index (χ1n) is 13.6. The van der Waals surface area contributed by atoms with Crippen LogP contribution in [0.4, 0.5) is 0 Å². The van der Waals surface area contributed by atoms with E-state index in [1.54, 1.807) is 11.8 Å². The summed E-state index contributed by atoms with van der Waals surface area (Å²) in [5, 5.41) is 37.6. The zero-order valence-corrected chi connectivity index (χ0v) is 23.6. The molecule has 7 N–H and O–H groups in total. The summed E-state index contributed by atoms with van der Waals surface area (Å²) in [4.78, 5) is 54.9. The third-order valence-electron chi connectivity index (χ3n) is 8.18. The first kappa shape index (κ1) is 28.9. The fraction of sp³-hybridized carbons (Fsp3) is 0.667. The van der Waals surface area contributed by atoms with E-state index in [4.69, 9.17) is 11.1 Å². The topological polar surface area (TPSA) is 225 Å². The second-order valence-electron chi connectivity index (χ2n) is 10.9. The van der Waals surface area contributed by atoms with Crippen molar-refractivity contribution < 1.29 is 24.3 Å². The third-order valence-corrected chi connectivity index (χ3v) is 9.69. The summed E-state index contributed by atoms with van der Waals surface area (Å²) in [5.74, 6) is -2.42. The molecule has 4 aliphatic heterocycles. The maximum Gasteiger partial charge on any atom is 0.353 e. The Morgan fingerprint density at radius 1 is 1.37 bits per heavy atom. The number of aliphatic carboxylic acids is 1. The Morgan fingerprint density at radius 3 is 2.83 bits per heavy atom. The number of tetrazole rings is 1. The maximum absolute atomic E-state index is 13.2. The summed E-state index contributed by atoms with van der Waals surface area (Å²) in [6.07, 6.45) is 2.59. The normalized spacial score (nSPS) is 29.8. The van der Waals surface area contributed by atoms with Crippen molar-refractivity contribution in [2.45, 2.75) is 62.7 Å². The number of aromatic nitrogens is 4. The molecule has 0 aromatic carbocycles. The molecule has 1 aromatic rings. The number of hydrogen-bond acceptors (Lipinski definition) is 11. The molecule has 7 atom stereocenters. The molecule has 0 radical (unpaired) electrons. The van der Waals surface area contributed by atoms with E-state index in [-0.39, 0.29) is 71.6 Å². The van der Waals surface area contributed by atoms with Crippen molar-refractivity contribution in [2.75, 3.05) is 26.2 Å². The number of nitrogens with two attached hydrogens (primary N) is 1. The van der Waals surface area contributed by atoms with Gasteiger partial charge in [-0.3, -0.25) is 19.8 Å². The van der Waals surface area contributed by atoms with Crippen LogP contribution < -0.4 is 21.7 Å². The number of amidine groups is 1. The van der Waals surface area contributed by atoms with E-state index < -0.39 is 17.9 Å². The number of nitrogens with one attached hydrogen (secondary N) is 4. The minimum atomic E-state index is -1.17. The summed E-state index contributed by atoms with van der Waals surface area (Å²) < 4.78 is 1.27. The summed E-state index contributed by atoms with van der Waals surface area (Å²) >= 11 is 1.42. The molecule has 1 aromatic heterocycles. The van der Waals surface area contributed by atoms with E-state index in [1.165, 1.54) is 27.7 Å². The zero-order chi connectivity index (χ0) is 29.4. The smallest absolute Gasteiger partial charge is 0.353 e. The lowest BCUT2D eigenvalue weighted by atomic mass is 9.78. The molecule has 3 amide bonds. The fourth-order valence-electron chi connectivity index (χ4n) is 6.25. The van der Waals surface area contributed by atoms with Crippen LogP contribution in [0.3, 0.4) is 0 Å². The van der Waals surface area contributed by atoms with E-state index in [0.717, 1.165) is 6.42 Å². The molecule has 4 unspecified atom stereocenters. The molecule has 0 aliphatic carbocycles. The second kappa shape index (κ2) is 11.7. The van der Waals surface area contributed by atoms with Crippen molar-refractivity contribution in [3.8, 4) is 0 Å². The van der Waals surface area contributed by atoms with Crippen molar-refractivity contribution in [3.63, 3.8) is 0 Å². The molecule has 222 valence electrons. The lowest BCUT2D eigenvalue weighted by Crippen LogP contribution is -2.66. The maximum atomic E-state index is 13.2. The molecule has 0 bridgehead atoms. The van der Waals surface area contributed by atoms with Crippen LogP contribution in [0.25, 0.3) is 0 Å². The minimum absolute atomic E-state index is 0.00551. The van der Waals surface area contributed by atoms with Crippen molar-refractivity contribution in [1.82, 2.24) is 46.0 Å². The standard InChI is InChI=1S/C24H35N11O5S/c1-11-19-18(12(2)29-17(36)9-34-10-28-31-32-34)23(38)35(19)20(24(39)40)21(11)41-14-5-15(27-7-14)22(37)33-4-3-13(8-33)30-16(26)6-25/h10-15,18-19,27H,3-9,25H2,1-2H3,(H2,26,30)(H,29,36)(H,39,40)/t11?,12?,13-,14+,15?,18?,19-/m1/s1. The molecular formula is C24H35N11O5S. The molecule has 5 heterocycles. The van der Waals surface area contributed by atoms with Gasteiger partial charge in [0.1, 0.15) is 24.4 Å². The van der Waals surface area contributed by atoms with Gasteiger partial charge in [0.25, 0.3) is 0 Å². The van der Waals surface area contributed by atoms with Gasteiger partial charge < -0.3 is 36.6 Å². The van der Waals surface area contributed by atoms with Gasteiger partial charge in [-0.05, 0) is 30.2 Å². The molecule has 17 heteroatoms. The van der Waals surface area contributed by atoms with Crippen LogP contribution in [0.1, 0.15) is 26.7 Å². The van der Waals surface area contributed by atoms with E-state index in [2.05, 4.69) is 31.5 Å². The van der Waals surface area contributed by atoms with Crippen molar-refractivity contribution in [1.29, 1.82) is 5.41 Å². The van der Waals surface area contributed by atoms with E-state index in [1.807, 2.05) is 6.92 Å². The monoisotopic (exact) mass is 589 g/mol. The van der Waals surface area contributed by atoms with E-state index in [9.17, 15) is 24.3 Å². The molecule has 0 spiro atoms. The highest BCUT2D eigenvalue weighted by Crippen LogP contribution is 2.51. The van der Waals surface area contributed by atoms with Crippen LogP contribution in [0.15, 0.2) is 16.9 Å². The van der Waals surface area contributed by atoms with Gasteiger partial charge in [0, 0.05) is 47.8 Å². The Balaban J connectivity index is 1.19. The molecule has 4 aliphatic rings. The first-order chi connectivity index (χ1) is 19.6. The third kappa shape index (κ3) is 5.65. The number of thioether (sulfide) groups is 1. The van der Waals surface area contributed by atoms with Gasteiger partial charge in [0.05, 0.1) is 24.5 Å². The zero-order valence-electron chi connectivity index (χ0n) is 22.8. The summed E-state index contributed by atoms with van der Waals surface area (Å²) in [6.45, 7) is 5.32. The van der Waals surface area contributed by atoms with Gasteiger partial charge in [-0.15, -0.1) is 16.9 Å². The fourth-order valence-corrected chi connectivity index (χ4v) is 7.73. The van der Waals surface area contributed by atoms with Crippen LogP contribution >= 0.6 is 11.8 Å². The van der Waals surface area contributed by atoms with Gasteiger partial charge in [0.15, 0.2) is 0 Å². The van der Waals surface area contributed by atoms with Gasteiger partial charge in [-0.1, -0.05) is 6.92 Å². The molecule has 5 rings (SSSR count). The molecule has 41 heavy (non-hydrogen) atoms. The average Bonchev–Trinajstić information content (AvgIpc) is 3.72. The summed E-state index contributed by atoms with van der Waals surface area (Å²) in [5.41, 5.74) is 5.48. The predicted octanol–water partition coefficient (Wildman–Crippen LogP) is -2.46. The Bertz CT molecular complexity index is 1260. The molecule has 16 nitrogen and oxygen atoms in total. The number of carboxylic acids is 1. The number of β-lactam (4-membered cyclic amide) rings is 1. The van der Waals surface area contributed by atoms with E-state index in [0.29, 0.717) is 31.0 Å². The van der Waals surface area contributed by atoms with Crippen LogP contribution in [-0.2, 0) is 25.7 Å². The number of fused-ring (bicyclic) bond motifs is 1. The van der Waals surface area contributed by atoms with E-state index >= 15 is 0 Å². The molecule has 3 saturated heterocycles. The summed E-state index contributed by atoms with van der Waals surface area (Å²) in [7, 11) is 0. The number of carbonyl (C=O) groups excluding carboxylic acids is 3. The number of rotatable bonds is 10. The van der Waals surface area contributed by atoms with Gasteiger partial charge in [-0.2, -0.15) is 0 Å². The number of likely N-dealkylation sites (tertiary alicyclic amines) is 1. The Hall–Kier alpha value is -3.57. The summed E-state index contributed by atoms with van der Waals surface area (Å²) in [6, 6.07) is -1.27. The van der Waals surface area contributed by atoms with Gasteiger partial charge in [-0.25, -0.2) is 9.48 Å². The molecule has 3 fully saturated rings. The van der Waals surface area contributed by atoms with Gasteiger partial charge in [0.2, 0.25) is 17.7 Å². The van der Waals surface area contributed by atoms with Crippen molar-refractivity contribution >= 4 is 41.3 Å². The van der Waals surface area contributed by atoms with Crippen LogP contribution in [0.5, 0.6) is 0 Å². The lowest BCUT2D eigenvalue weighted by Gasteiger charge is -2.47. The Kier molecular flexibility index (Phi) is 8.28. The van der Waals surface area contributed by atoms with Crippen molar-refractivity contribution in [3.05, 3.63) is 16.9 Å². The van der Waals surface area contributed by atoms with Crippen LogP contribution in [0.2, 0.25) is 0 Å². The highest BCUT2D eigenvalue weighted by molar-refractivity contribution is 8.03. The Morgan fingerprint density at radius 2 is 2.15 bits per heavy atom.